The Kier molecular flexibility index (Phi) is 9.37. The van der Waals surface area contributed by atoms with Gasteiger partial charge < -0.3 is 13.9 Å². The van der Waals surface area contributed by atoms with Gasteiger partial charge in [0.25, 0.3) is 8.32 Å². The minimum atomic E-state index is -2.51. The summed E-state index contributed by atoms with van der Waals surface area (Å²) in [4.78, 5) is 0. The Hall–Kier alpha value is -0.993. The van der Waals surface area contributed by atoms with Crippen molar-refractivity contribution in [1.29, 1.82) is 0 Å². The van der Waals surface area contributed by atoms with Crippen molar-refractivity contribution in [3.8, 4) is 0 Å². The number of benzene rings is 2. The number of halogens is 1. The number of rotatable bonds is 10. The fourth-order valence-electron chi connectivity index (χ4n) is 4.89. The molecule has 1 aliphatic rings. The predicted octanol–water partition coefficient (Wildman–Crippen LogP) is 6.45. The Morgan fingerprint density at radius 2 is 1.55 bits per heavy atom. The molecule has 0 amide bonds. The van der Waals surface area contributed by atoms with Gasteiger partial charge in [0, 0.05) is 19.4 Å². The molecule has 1 heterocycles. The number of ether oxygens (including phenoxy) is 2. The van der Waals surface area contributed by atoms with Crippen molar-refractivity contribution in [3.05, 3.63) is 70.8 Å². The van der Waals surface area contributed by atoms with Crippen molar-refractivity contribution < 1.29 is 13.9 Å². The lowest BCUT2D eigenvalue weighted by atomic mass is 9.96. The molecule has 180 valence electrons. The molecular formula is C28H39IO3Si. The van der Waals surface area contributed by atoms with Gasteiger partial charge in [0.2, 0.25) is 0 Å². The summed E-state index contributed by atoms with van der Waals surface area (Å²) in [7, 11) is -2.51. The molecule has 0 spiro atoms. The van der Waals surface area contributed by atoms with E-state index in [1.807, 2.05) is 0 Å². The molecule has 5 heteroatoms. The highest BCUT2D eigenvalue weighted by molar-refractivity contribution is 14.1. The Labute approximate surface area is 215 Å². The maximum Gasteiger partial charge on any atom is 0.261 e. The summed E-state index contributed by atoms with van der Waals surface area (Å²) in [6, 6.07) is 21.7. The summed E-state index contributed by atoms with van der Waals surface area (Å²) in [6.07, 6.45) is 3.53. The molecule has 0 saturated carbocycles. The lowest BCUT2D eigenvalue weighted by molar-refractivity contribution is -0.277. The summed E-state index contributed by atoms with van der Waals surface area (Å²) < 4.78 is 20.7. The second kappa shape index (κ2) is 11.6. The van der Waals surface area contributed by atoms with Crippen LogP contribution in [0.2, 0.25) is 5.04 Å². The van der Waals surface area contributed by atoms with E-state index in [1.165, 1.54) is 10.4 Å². The molecule has 0 aromatic heterocycles. The fraction of sp³-hybridized carbons (Fsp3) is 0.500. The van der Waals surface area contributed by atoms with E-state index in [9.17, 15) is 0 Å². The third-order valence-corrected chi connectivity index (χ3v) is 12.7. The lowest BCUT2D eigenvalue weighted by Crippen LogP contribution is -2.66. The molecule has 0 N–H and O–H groups in total. The van der Waals surface area contributed by atoms with E-state index in [4.69, 9.17) is 13.9 Å². The highest BCUT2D eigenvalue weighted by Crippen LogP contribution is 2.38. The fourth-order valence-corrected chi connectivity index (χ4v) is 9.71. The molecular weight excluding hydrogens is 539 g/mol. The van der Waals surface area contributed by atoms with E-state index >= 15 is 0 Å². The largest absolute Gasteiger partial charge is 0.407 e. The van der Waals surface area contributed by atoms with Crippen LogP contribution in [0.4, 0.5) is 0 Å². The highest BCUT2D eigenvalue weighted by Gasteiger charge is 2.50. The molecule has 33 heavy (non-hydrogen) atoms. The standard InChI is InChI=1S/C28H39IO3Si/c1-23(24(2)29)22-28(30-19-13-20-31-28)18-12-21-32-33(27(3,4)5,25-14-8-6-9-15-25)26-16-10-7-11-17-26/h6-11,14-17,23H,2,12-13,18-22H2,1,3-5H3/t23-/m1/s1. The van der Waals surface area contributed by atoms with Crippen LogP contribution in [-0.2, 0) is 13.9 Å². The lowest BCUT2D eigenvalue weighted by Gasteiger charge is -2.43. The molecule has 1 atom stereocenters. The maximum atomic E-state index is 7.06. The summed E-state index contributed by atoms with van der Waals surface area (Å²) in [6.45, 7) is 15.5. The van der Waals surface area contributed by atoms with Gasteiger partial charge in [-0.05, 0) is 60.3 Å². The summed E-state index contributed by atoms with van der Waals surface area (Å²) in [5, 5.41) is 2.62. The first-order chi connectivity index (χ1) is 15.7. The van der Waals surface area contributed by atoms with Gasteiger partial charge in [-0.15, -0.1) is 0 Å². The molecule has 0 bridgehead atoms. The molecule has 2 aromatic carbocycles. The van der Waals surface area contributed by atoms with Crippen LogP contribution >= 0.6 is 22.6 Å². The summed E-state index contributed by atoms with van der Waals surface area (Å²) >= 11 is 2.32. The van der Waals surface area contributed by atoms with Crippen LogP contribution in [-0.4, -0.2) is 33.9 Å². The van der Waals surface area contributed by atoms with Crippen molar-refractivity contribution in [3.63, 3.8) is 0 Å². The van der Waals surface area contributed by atoms with Crippen LogP contribution in [0.3, 0.4) is 0 Å². The number of allylic oxidation sites excluding steroid dienone is 1. The van der Waals surface area contributed by atoms with E-state index < -0.39 is 14.1 Å². The topological polar surface area (TPSA) is 27.7 Å². The van der Waals surface area contributed by atoms with Crippen LogP contribution in [0.1, 0.15) is 53.4 Å². The van der Waals surface area contributed by atoms with Crippen LogP contribution in [0, 0.1) is 5.92 Å². The third kappa shape index (κ3) is 6.37. The zero-order chi connectivity index (χ0) is 24.0. The minimum Gasteiger partial charge on any atom is -0.407 e. The zero-order valence-corrected chi connectivity index (χ0v) is 23.8. The molecule has 0 radical (unpaired) electrons. The van der Waals surface area contributed by atoms with Gasteiger partial charge in [-0.2, -0.15) is 0 Å². The van der Waals surface area contributed by atoms with Gasteiger partial charge >= 0.3 is 0 Å². The molecule has 2 aromatic rings. The van der Waals surface area contributed by atoms with Crippen molar-refractivity contribution in [2.75, 3.05) is 19.8 Å². The van der Waals surface area contributed by atoms with Gasteiger partial charge in [0.1, 0.15) is 0 Å². The first kappa shape index (κ1) is 26.6. The van der Waals surface area contributed by atoms with Gasteiger partial charge in [0.05, 0.1) is 13.2 Å². The van der Waals surface area contributed by atoms with Crippen LogP contribution in [0.15, 0.2) is 70.8 Å². The molecule has 1 fully saturated rings. The van der Waals surface area contributed by atoms with E-state index in [-0.39, 0.29) is 5.04 Å². The Balaban J connectivity index is 1.82. The van der Waals surface area contributed by atoms with E-state index in [2.05, 4.69) is 118 Å². The molecule has 0 unspecified atom stereocenters. The van der Waals surface area contributed by atoms with E-state index in [0.29, 0.717) is 12.5 Å². The molecule has 1 aliphatic heterocycles. The van der Waals surface area contributed by atoms with Crippen molar-refractivity contribution in [2.24, 2.45) is 5.92 Å². The van der Waals surface area contributed by atoms with Crippen molar-refractivity contribution >= 4 is 41.3 Å². The van der Waals surface area contributed by atoms with Gasteiger partial charge in [-0.3, -0.25) is 0 Å². The van der Waals surface area contributed by atoms with Crippen LogP contribution < -0.4 is 10.4 Å². The number of hydrogen-bond acceptors (Lipinski definition) is 3. The molecule has 0 aliphatic carbocycles. The second-order valence-corrected chi connectivity index (χ2v) is 15.8. The Morgan fingerprint density at radius 3 is 2.00 bits per heavy atom. The first-order valence-corrected chi connectivity index (χ1v) is 15.1. The van der Waals surface area contributed by atoms with Gasteiger partial charge in [-0.25, -0.2) is 0 Å². The minimum absolute atomic E-state index is 0.0152. The molecule has 3 nitrogen and oxygen atoms in total. The second-order valence-electron chi connectivity index (χ2n) is 10.1. The smallest absolute Gasteiger partial charge is 0.261 e. The van der Waals surface area contributed by atoms with Gasteiger partial charge in [-0.1, -0.05) is 94.9 Å². The van der Waals surface area contributed by atoms with Crippen molar-refractivity contribution in [2.45, 2.75) is 64.2 Å². The quantitative estimate of drug-likeness (QED) is 0.184. The van der Waals surface area contributed by atoms with E-state index in [1.54, 1.807) is 0 Å². The average molecular weight is 579 g/mol. The maximum absolute atomic E-state index is 7.06. The Morgan fingerprint density at radius 1 is 1.03 bits per heavy atom. The van der Waals surface area contributed by atoms with Crippen LogP contribution in [0.5, 0.6) is 0 Å². The van der Waals surface area contributed by atoms with E-state index in [0.717, 1.165) is 42.5 Å². The normalized spacial score (nSPS) is 17.5. The number of hydrogen-bond donors (Lipinski definition) is 0. The van der Waals surface area contributed by atoms with Crippen molar-refractivity contribution in [1.82, 2.24) is 0 Å². The monoisotopic (exact) mass is 578 g/mol. The SMILES string of the molecule is C=C(I)[C@H](C)CC1(CCCO[Si](c2ccccc2)(c2ccccc2)C(C)(C)C)OCCCO1. The average Bonchev–Trinajstić information content (AvgIpc) is 2.80. The summed E-state index contributed by atoms with van der Waals surface area (Å²) in [5.41, 5.74) is 0. The highest BCUT2D eigenvalue weighted by atomic mass is 127. The predicted molar refractivity (Wildman–Crippen MR) is 149 cm³/mol. The third-order valence-electron chi connectivity index (χ3n) is 6.61. The first-order valence-electron chi connectivity index (χ1n) is 12.1. The van der Waals surface area contributed by atoms with Gasteiger partial charge in [0.15, 0.2) is 5.79 Å². The van der Waals surface area contributed by atoms with Crippen LogP contribution in [0.25, 0.3) is 0 Å². The zero-order valence-electron chi connectivity index (χ0n) is 20.6. The molecule has 3 rings (SSSR count). The molecule has 1 saturated heterocycles. The Bertz CT molecular complexity index is 834. The summed E-state index contributed by atoms with van der Waals surface area (Å²) in [5.74, 6) is -0.179.